The van der Waals surface area contributed by atoms with Crippen molar-refractivity contribution in [3.05, 3.63) is 59.4 Å². The van der Waals surface area contributed by atoms with Crippen LogP contribution in [0.3, 0.4) is 0 Å². The van der Waals surface area contributed by atoms with Gasteiger partial charge in [-0.3, -0.25) is 14.6 Å². The summed E-state index contributed by atoms with van der Waals surface area (Å²) in [4.78, 5) is 28.1. The van der Waals surface area contributed by atoms with Gasteiger partial charge in [-0.15, -0.1) is 0 Å². The molecular formula is C17H16N4O3. The molecule has 0 unspecified atom stereocenters. The largest absolute Gasteiger partial charge is 0.383 e. The van der Waals surface area contributed by atoms with E-state index in [2.05, 4.69) is 15.6 Å². The van der Waals surface area contributed by atoms with Crippen LogP contribution in [0.15, 0.2) is 42.6 Å². The molecule has 2 amide bonds. The Morgan fingerprint density at radius 2 is 1.96 bits per heavy atom. The van der Waals surface area contributed by atoms with Crippen molar-refractivity contribution in [3.8, 4) is 6.07 Å². The molecule has 0 atom stereocenters. The number of nitriles is 1. The molecule has 7 nitrogen and oxygen atoms in total. The smallest absolute Gasteiger partial charge is 0.269 e. The number of amides is 2. The van der Waals surface area contributed by atoms with Crippen LogP contribution >= 0.6 is 0 Å². The van der Waals surface area contributed by atoms with Gasteiger partial charge in [0.15, 0.2) is 0 Å². The van der Waals surface area contributed by atoms with E-state index in [4.69, 9.17) is 10.00 Å². The molecule has 0 aliphatic heterocycles. The lowest BCUT2D eigenvalue weighted by Gasteiger charge is -2.07. The fraction of sp³-hybridized carbons (Fsp3) is 0.176. The van der Waals surface area contributed by atoms with E-state index in [0.29, 0.717) is 30.0 Å². The van der Waals surface area contributed by atoms with Crippen molar-refractivity contribution >= 4 is 17.5 Å². The van der Waals surface area contributed by atoms with E-state index in [0.717, 1.165) is 0 Å². The van der Waals surface area contributed by atoms with Gasteiger partial charge in [0, 0.05) is 31.1 Å². The number of pyridine rings is 1. The molecule has 0 saturated heterocycles. The standard InChI is InChI=1S/C17H16N4O3/c1-24-9-8-20-17(23)15-10-13(6-7-19-15)16(22)21-14-4-2-12(11-18)3-5-14/h2-7,10H,8-9H2,1H3,(H,20,23)(H,21,22). The van der Waals surface area contributed by atoms with E-state index >= 15 is 0 Å². The minimum absolute atomic E-state index is 0.151. The lowest BCUT2D eigenvalue weighted by molar-refractivity contribution is 0.0932. The van der Waals surface area contributed by atoms with Gasteiger partial charge in [0.25, 0.3) is 11.8 Å². The molecule has 0 aliphatic rings. The van der Waals surface area contributed by atoms with Gasteiger partial charge < -0.3 is 15.4 Å². The van der Waals surface area contributed by atoms with Crippen molar-refractivity contribution in [2.75, 3.05) is 25.6 Å². The van der Waals surface area contributed by atoms with Crippen LogP contribution in [0.5, 0.6) is 0 Å². The zero-order valence-corrected chi connectivity index (χ0v) is 13.1. The minimum Gasteiger partial charge on any atom is -0.383 e. The van der Waals surface area contributed by atoms with Crippen molar-refractivity contribution in [1.82, 2.24) is 10.3 Å². The fourth-order valence-electron chi connectivity index (χ4n) is 1.88. The number of aromatic nitrogens is 1. The number of carbonyl (C=O) groups excluding carboxylic acids is 2. The van der Waals surface area contributed by atoms with Gasteiger partial charge >= 0.3 is 0 Å². The number of nitrogens with one attached hydrogen (secondary N) is 2. The highest BCUT2D eigenvalue weighted by atomic mass is 16.5. The summed E-state index contributed by atoms with van der Waals surface area (Å²) in [5, 5.41) is 14.1. The minimum atomic E-state index is -0.375. The van der Waals surface area contributed by atoms with E-state index in [1.807, 2.05) is 6.07 Å². The summed E-state index contributed by atoms with van der Waals surface area (Å²) in [7, 11) is 1.54. The molecule has 1 aromatic heterocycles. The highest BCUT2D eigenvalue weighted by Gasteiger charge is 2.12. The molecule has 0 radical (unpaired) electrons. The summed E-state index contributed by atoms with van der Waals surface area (Å²) in [5.74, 6) is -0.742. The van der Waals surface area contributed by atoms with Gasteiger partial charge in [0.2, 0.25) is 0 Å². The normalized spacial score (nSPS) is 9.83. The molecule has 122 valence electrons. The first-order valence-corrected chi connectivity index (χ1v) is 7.18. The van der Waals surface area contributed by atoms with Crippen molar-refractivity contribution < 1.29 is 14.3 Å². The van der Waals surface area contributed by atoms with Gasteiger partial charge in [-0.1, -0.05) is 0 Å². The van der Waals surface area contributed by atoms with Gasteiger partial charge in [-0.25, -0.2) is 0 Å². The Hall–Kier alpha value is -3.24. The van der Waals surface area contributed by atoms with Gasteiger partial charge in [0.05, 0.1) is 18.2 Å². The van der Waals surface area contributed by atoms with Gasteiger partial charge in [-0.2, -0.15) is 5.26 Å². The van der Waals surface area contributed by atoms with Crippen LogP contribution in [-0.4, -0.2) is 37.1 Å². The molecule has 0 aliphatic carbocycles. The van der Waals surface area contributed by atoms with Crippen molar-refractivity contribution in [3.63, 3.8) is 0 Å². The van der Waals surface area contributed by atoms with Crippen LogP contribution in [-0.2, 0) is 4.74 Å². The maximum Gasteiger partial charge on any atom is 0.269 e. The third-order valence-electron chi connectivity index (χ3n) is 3.12. The zero-order valence-electron chi connectivity index (χ0n) is 13.1. The molecule has 1 heterocycles. The average Bonchev–Trinajstić information content (AvgIpc) is 2.62. The Labute approximate surface area is 139 Å². The summed E-state index contributed by atoms with van der Waals surface area (Å²) >= 11 is 0. The second kappa shape index (κ2) is 8.41. The van der Waals surface area contributed by atoms with E-state index in [1.54, 1.807) is 31.4 Å². The number of ether oxygens (including phenoxy) is 1. The van der Waals surface area contributed by atoms with Crippen LogP contribution in [0.2, 0.25) is 0 Å². The van der Waals surface area contributed by atoms with Crippen molar-refractivity contribution in [1.29, 1.82) is 5.26 Å². The van der Waals surface area contributed by atoms with Crippen LogP contribution in [0.25, 0.3) is 0 Å². The Balaban J connectivity index is 2.05. The number of hydrogen-bond acceptors (Lipinski definition) is 5. The van der Waals surface area contributed by atoms with Crippen molar-refractivity contribution in [2.45, 2.75) is 0 Å². The molecule has 2 N–H and O–H groups in total. The van der Waals surface area contributed by atoms with E-state index < -0.39 is 0 Å². The lowest BCUT2D eigenvalue weighted by Crippen LogP contribution is -2.28. The third kappa shape index (κ3) is 4.63. The van der Waals surface area contributed by atoms with Gasteiger partial charge in [-0.05, 0) is 36.4 Å². The first-order valence-electron chi connectivity index (χ1n) is 7.18. The highest BCUT2D eigenvalue weighted by molar-refractivity contribution is 6.05. The summed E-state index contributed by atoms with van der Waals surface area (Å²) in [6.07, 6.45) is 1.40. The van der Waals surface area contributed by atoms with Gasteiger partial charge in [0.1, 0.15) is 5.69 Å². The number of carbonyl (C=O) groups is 2. The molecule has 2 rings (SSSR count). The Bertz CT molecular complexity index is 766. The fourth-order valence-corrected chi connectivity index (χ4v) is 1.88. The topological polar surface area (TPSA) is 104 Å². The molecule has 1 aromatic carbocycles. The Morgan fingerprint density at radius 1 is 1.21 bits per heavy atom. The third-order valence-corrected chi connectivity index (χ3v) is 3.12. The van der Waals surface area contributed by atoms with E-state index in [-0.39, 0.29) is 17.5 Å². The molecule has 2 aromatic rings. The first-order chi connectivity index (χ1) is 11.6. The number of nitrogens with zero attached hydrogens (tertiary/aromatic N) is 2. The molecule has 0 spiro atoms. The Morgan fingerprint density at radius 3 is 2.62 bits per heavy atom. The number of anilines is 1. The second-order valence-corrected chi connectivity index (χ2v) is 4.82. The molecule has 7 heteroatoms. The summed E-state index contributed by atoms with van der Waals surface area (Å²) in [5.41, 5.74) is 1.53. The Kier molecular flexibility index (Phi) is 6.00. The van der Waals surface area contributed by atoms with Crippen LogP contribution in [0, 0.1) is 11.3 Å². The highest BCUT2D eigenvalue weighted by Crippen LogP contribution is 2.11. The SMILES string of the molecule is COCCNC(=O)c1cc(C(=O)Nc2ccc(C#N)cc2)ccn1. The van der Waals surface area contributed by atoms with Crippen molar-refractivity contribution in [2.24, 2.45) is 0 Å². The second-order valence-electron chi connectivity index (χ2n) is 4.82. The molecule has 0 bridgehead atoms. The number of benzene rings is 1. The molecular weight excluding hydrogens is 308 g/mol. The number of hydrogen-bond donors (Lipinski definition) is 2. The van der Waals surface area contributed by atoms with E-state index in [9.17, 15) is 9.59 Å². The molecule has 0 saturated carbocycles. The maximum atomic E-state index is 12.2. The zero-order chi connectivity index (χ0) is 17.4. The van der Waals surface area contributed by atoms with Crippen LogP contribution < -0.4 is 10.6 Å². The summed E-state index contributed by atoms with van der Waals surface area (Å²) in [6, 6.07) is 11.4. The first kappa shape index (κ1) is 17.1. The quantitative estimate of drug-likeness (QED) is 0.785. The summed E-state index contributed by atoms with van der Waals surface area (Å²) < 4.78 is 4.85. The van der Waals surface area contributed by atoms with Crippen LogP contribution in [0.1, 0.15) is 26.4 Å². The lowest BCUT2D eigenvalue weighted by atomic mass is 10.2. The predicted molar refractivity (Wildman–Crippen MR) is 87.6 cm³/mol. The predicted octanol–water partition coefficient (Wildman–Crippen LogP) is 1.58. The average molecular weight is 324 g/mol. The molecule has 24 heavy (non-hydrogen) atoms. The number of rotatable bonds is 6. The monoisotopic (exact) mass is 324 g/mol. The molecule has 0 fully saturated rings. The number of methoxy groups -OCH3 is 1. The van der Waals surface area contributed by atoms with E-state index in [1.165, 1.54) is 18.3 Å². The maximum absolute atomic E-state index is 12.2. The summed E-state index contributed by atoms with van der Waals surface area (Å²) in [6.45, 7) is 0.753. The van der Waals surface area contributed by atoms with Crippen LogP contribution in [0.4, 0.5) is 5.69 Å².